The van der Waals surface area contributed by atoms with Gasteiger partial charge in [-0.15, -0.1) is 0 Å². The van der Waals surface area contributed by atoms with Gasteiger partial charge >= 0.3 is 0 Å². The molecule has 23 heavy (non-hydrogen) atoms. The highest BCUT2D eigenvalue weighted by Crippen LogP contribution is 2.24. The zero-order valence-electron chi connectivity index (χ0n) is 14.0. The molecule has 1 atom stereocenters. The summed E-state index contributed by atoms with van der Waals surface area (Å²) < 4.78 is 35.1. The SMILES string of the molecule is CC(C)Cc1nc(CS(=O)(=O)[C@@H](C)c2nc(C(C)C)no2)no1. The predicted molar refractivity (Wildman–Crippen MR) is 82.3 cm³/mol. The van der Waals surface area contributed by atoms with E-state index in [2.05, 4.69) is 20.3 Å². The van der Waals surface area contributed by atoms with Crippen LogP contribution in [-0.2, 0) is 22.0 Å². The number of nitrogens with zero attached hydrogens (tertiary/aromatic N) is 4. The maximum absolute atomic E-state index is 12.5. The molecule has 0 aliphatic carbocycles. The fourth-order valence-electron chi connectivity index (χ4n) is 1.89. The second-order valence-corrected chi connectivity index (χ2v) is 8.62. The highest BCUT2D eigenvalue weighted by molar-refractivity contribution is 7.90. The molecule has 128 valence electrons. The van der Waals surface area contributed by atoms with Crippen LogP contribution < -0.4 is 0 Å². The number of rotatable bonds is 7. The van der Waals surface area contributed by atoms with Crippen molar-refractivity contribution in [2.75, 3.05) is 0 Å². The Morgan fingerprint density at radius 1 is 1.00 bits per heavy atom. The van der Waals surface area contributed by atoms with Crippen LogP contribution in [0.4, 0.5) is 0 Å². The fourth-order valence-corrected chi connectivity index (χ4v) is 3.02. The van der Waals surface area contributed by atoms with E-state index in [1.807, 2.05) is 27.7 Å². The van der Waals surface area contributed by atoms with Crippen LogP contribution in [0.1, 0.15) is 69.2 Å². The van der Waals surface area contributed by atoms with Crippen LogP contribution in [0.2, 0.25) is 0 Å². The van der Waals surface area contributed by atoms with Gasteiger partial charge in [-0.2, -0.15) is 9.97 Å². The van der Waals surface area contributed by atoms with Crippen molar-refractivity contribution in [3.8, 4) is 0 Å². The first-order chi connectivity index (χ1) is 10.7. The zero-order chi connectivity index (χ0) is 17.2. The minimum absolute atomic E-state index is 0.0678. The molecule has 8 nitrogen and oxygen atoms in total. The zero-order valence-corrected chi connectivity index (χ0v) is 14.8. The Morgan fingerprint density at radius 2 is 1.70 bits per heavy atom. The molecule has 2 rings (SSSR count). The highest BCUT2D eigenvalue weighted by atomic mass is 32.2. The summed E-state index contributed by atoms with van der Waals surface area (Å²) in [6, 6.07) is 0. The molecular formula is C14H22N4O4S. The second-order valence-electron chi connectivity index (χ2n) is 6.30. The maximum Gasteiger partial charge on any atom is 0.244 e. The van der Waals surface area contributed by atoms with Gasteiger partial charge in [-0.05, 0) is 12.8 Å². The van der Waals surface area contributed by atoms with Crippen LogP contribution in [0.3, 0.4) is 0 Å². The summed E-state index contributed by atoms with van der Waals surface area (Å²) in [5.41, 5.74) is 0. The molecule has 2 aromatic heterocycles. The van der Waals surface area contributed by atoms with Crippen molar-refractivity contribution in [3.05, 3.63) is 23.4 Å². The van der Waals surface area contributed by atoms with Crippen LogP contribution in [-0.4, -0.2) is 28.7 Å². The van der Waals surface area contributed by atoms with Gasteiger partial charge < -0.3 is 9.05 Å². The molecule has 0 saturated carbocycles. The van der Waals surface area contributed by atoms with Crippen molar-refractivity contribution in [2.24, 2.45) is 5.92 Å². The minimum Gasteiger partial charge on any atom is -0.339 e. The van der Waals surface area contributed by atoms with Gasteiger partial charge in [0, 0.05) is 12.3 Å². The van der Waals surface area contributed by atoms with Gasteiger partial charge in [-0.25, -0.2) is 8.42 Å². The quantitative estimate of drug-likeness (QED) is 0.754. The summed E-state index contributed by atoms with van der Waals surface area (Å²) in [5.74, 6) is 1.26. The molecule has 2 heterocycles. The van der Waals surface area contributed by atoms with E-state index >= 15 is 0 Å². The first-order valence-electron chi connectivity index (χ1n) is 7.55. The van der Waals surface area contributed by atoms with E-state index in [9.17, 15) is 8.42 Å². The van der Waals surface area contributed by atoms with E-state index in [-0.39, 0.29) is 23.4 Å². The molecule has 0 aliphatic rings. The summed E-state index contributed by atoms with van der Waals surface area (Å²) in [6.07, 6.45) is 0.615. The van der Waals surface area contributed by atoms with Crippen LogP contribution in [0.5, 0.6) is 0 Å². The minimum atomic E-state index is -3.58. The topological polar surface area (TPSA) is 112 Å². The standard InChI is InChI=1S/C14H22N4O4S/c1-8(2)6-12-15-11(17-21-12)7-23(19,20)10(5)14-16-13(9(3)4)18-22-14/h8-10H,6-7H2,1-5H3/t10-/m0/s1. The summed E-state index contributed by atoms with van der Waals surface area (Å²) >= 11 is 0. The molecular weight excluding hydrogens is 320 g/mol. The van der Waals surface area contributed by atoms with E-state index < -0.39 is 15.1 Å². The Balaban J connectivity index is 2.12. The number of aromatic nitrogens is 4. The Bertz CT molecular complexity index is 748. The Labute approximate surface area is 135 Å². The Morgan fingerprint density at radius 3 is 2.26 bits per heavy atom. The van der Waals surface area contributed by atoms with Crippen molar-refractivity contribution in [3.63, 3.8) is 0 Å². The highest BCUT2D eigenvalue weighted by Gasteiger charge is 2.30. The Hall–Kier alpha value is -1.77. The third kappa shape index (κ3) is 4.37. The molecule has 0 aliphatic heterocycles. The molecule has 9 heteroatoms. The van der Waals surface area contributed by atoms with Gasteiger partial charge in [-0.3, -0.25) is 0 Å². The fraction of sp³-hybridized carbons (Fsp3) is 0.714. The number of hydrogen-bond donors (Lipinski definition) is 0. The van der Waals surface area contributed by atoms with Crippen LogP contribution >= 0.6 is 0 Å². The Kier molecular flexibility index (Phi) is 5.18. The molecule has 0 bridgehead atoms. The van der Waals surface area contributed by atoms with Crippen LogP contribution in [0, 0.1) is 5.92 Å². The maximum atomic E-state index is 12.5. The first kappa shape index (κ1) is 17.6. The van der Waals surface area contributed by atoms with Gasteiger partial charge in [0.1, 0.15) is 11.0 Å². The largest absolute Gasteiger partial charge is 0.339 e. The van der Waals surface area contributed by atoms with Gasteiger partial charge in [0.25, 0.3) is 0 Å². The molecule has 0 saturated heterocycles. The molecule has 0 amide bonds. The summed E-state index contributed by atoms with van der Waals surface area (Å²) in [5, 5.41) is 6.60. The van der Waals surface area contributed by atoms with Crippen LogP contribution in [0.15, 0.2) is 9.05 Å². The van der Waals surface area contributed by atoms with E-state index in [4.69, 9.17) is 9.05 Å². The third-order valence-electron chi connectivity index (χ3n) is 3.28. The normalized spacial score (nSPS) is 13.9. The van der Waals surface area contributed by atoms with Crippen molar-refractivity contribution < 1.29 is 17.5 Å². The van der Waals surface area contributed by atoms with Gasteiger partial charge in [0.15, 0.2) is 21.5 Å². The number of hydrogen-bond acceptors (Lipinski definition) is 8. The lowest BCUT2D eigenvalue weighted by atomic mass is 10.1. The molecule has 0 radical (unpaired) electrons. The van der Waals surface area contributed by atoms with Gasteiger partial charge in [0.05, 0.1) is 0 Å². The van der Waals surface area contributed by atoms with Crippen LogP contribution in [0.25, 0.3) is 0 Å². The van der Waals surface area contributed by atoms with Crippen molar-refractivity contribution in [2.45, 2.75) is 58.0 Å². The molecule has 0 N–H and O–H groups in total. The average molecular weight is 342 g/mol. The molecule has 0 spiro atoms. The molecule has 0 unspecified atom stereocenters. The lowest BCUT2D eigenvalue weighted by Crippen LogP contribution is -2.14. The average Bonchev–Trinajstić information content (AvgIpc) is 3.06. The van der Waals surface area contributed by atoms with Crippen molar-refractivity contribution in [1.29, 1.82) is 0 Å². The summed E-state index contributed by atoms with van der Waals surface area (Å²) in [4.78, 5) is 8.26. The smallest absolute Gasteiger partial charge is 0.244 e. The summed E-state index contributed by atoms with van der Waals surface area (Å²) in [7, 11) is -3.58. The molecule has 0 aromatic carbocycles. The molecule has 0 fully saturated rings. The van der Waals surface area contributed by atoms with E-state index in [1.54, 1.807) is 0 Å². The first-order valence-corrected chi connectivity index (χ1v) is 9.27. The lowest BCUT2D eigenvalue weighted by molar-refractivity contribution is 0.359. The van der Waals surface area contributed by atoms with E-state index in [0.29, 0.717) is 24.1 Å². The molecule has 2 aromatic rings. The van der Waals surface area contributed by atoms with E-state index in [1.165, 1.54) is 6.92 Å². The summed E-state index contributed by atoms with van der Waals surface area (Å²) in [6.45, 7) is 9.37. The monoisotopic (exact) mass is 342 g/mol. The van der Waals surface area contributed by atoms with Crippen molar-refractivity contribution in [1.82, 2.24) is 20.3 Å². The second kappa shape index (κ2) is 6.77. The third-order valence-corrected chi connectivity index (χ3v) is 5.22. The number of sulfone groups is 1. The predicted octanol–water partition coefficient (Wildman–Crippen LogP) is 2.45. The lowest BCUT2D eigenvalue weighted by Gasteiger charge is -2.06. The van der Waals surface area contributed by atoms with Gasteiger partial charge in [-0.1, -0.05) is 38.0 Å². The van der Waals surface area contributed by atoms with Crippen molar-refractivity contribution >= 4 is 9.84 Å². The van der Waals surface area contributed by atoms with Gasteiger partial charge in [0.2, 0.25) is 11.8 Å². The van der Waals surface area contributed by atoms with E-state index in [0.717, 1.165) is 0 Å².